The number of nitrogens with two attached hydrogens (primary N) is 1. The van der Waals surface area contributed by atoms with Gasteiger partial charge in [-0.25, -0.2) is 0 Å². The van der Waals surface area contributed by atoms with Gasteiger partial charge in [0, 0.05) is 6.04 Å². The second-order valence-electron chi connectivity index (χ2n) is 6.01. The number of benzene rings is 2. The first-order chi connectivity index (χ1) is 9.49. The van der Waals surface area contributed by atoms with Crippen molar-refractivity contribution in [3.05, 3.63) is 70.3 Å². The molecule has 1 heteroatoms. The minimum Gasteiger partial charge on any atom is -0.324 e. The van der Waals surface area contributed by atoms with Gasteiger partial charge >= 0.3 is 0 Å². The van der Waals surface area contributed by atoms with E-state index in [-0.39, 0.29) is 6.04 Å². The molecular formula is C19H25N. The summed E-state index contributed by atoms with van der Waals surface area (Å²) in [6.07, 6.45) is 0.893. The number of hydrogen-bond donors (Lipinski definition) is 1. The molecule has 2 N–H and O–H groups in total. The number of hydrogen-bond acceptors (Lipinski definition) is 1. The zero-order valence-corrected chi connectivity index (χ0v) is 13.0. The molecule has 0 aliphatic rings. The van der Waals surface area contributed by atoms with Gasteiger partial charge < -0.3 is 5.73 Å². The highest BCUT2D eigenvalue weighted by Gasteiger charge is 2.12. The lowest BCUT2D eigenvalue weighted by Crippen LogP contribution is -2.16. The number of aryl methyl sites for hydroxylation is 2. The summed E-state index contributed by atoms with van der Waals surface area (Å²) >= 11 is 0. The van der Waals surface area contributed by atoms with Crippen molar-refractivity contribution in [3.8, 4) is 0 Å². The Morgan fingerprint density at radius 3 is 1.95 bits per heavy atom. The Morgan fingerprint density at radius 2 is 1.45 bits per heavy atom. The van der Waals surface area contributed by atoms with Gasteiger partial charge in [-0.15, -0.1) is 0 Å². The quantitative estimate of drug-likeness (QED) is 0.856. The van der Waals surface area contributed by atoms with Crippen LogP contribution in [0.1, 0.15) is 53.6 Å². The minimum absolute atomic E-state index is 0.0705. The molecular weight excluding hydrogens is 242 g/mol. The monoisotopic (exact) mass is 267 g/mol. The number of rotatable bonds is 4. The van der Waals surface area contributed by atoms with Gasteiger partial charge in [-0.2, -0.15) is 0 Å². The summed E-state index contributed by atoms with van der Waals surface area (Å²) in [5.74, 6) is 0.580. The Hall–Kier alpha value is -1.60. The average molecular weight is 267 g/mol. The van der Waals surface area contributed by atoms with Crippen LogP contribution in [0.3, 0.4) is 0 Å². The highest BCUT2D eigenvalue weighted by molar-refractivity contribution is 5.37. The van der Waals surface area contributed by atoms with E-state index in [4.69, 9.17) is 5.73 Å². The molecule has 0 aliphatic carbocycles. The van der Waals surface area contributed by atoms with Crippen molar-refractivity contribution in [2.45, 2.75) is 46.1 Å². The molecule has 0 bridgehead atoms. The van der Waals surface area contributed by atoms with Crippen molar-refractivity contribution in [1.29, 1.82) is 0 Å². The van der Waals surface area contributed by atoms with Crippen LogP contribution in [0, 0.1) is 13.8 Å². The van der Waals surface area contributed by atoms with E-state index >= 15 is 0 Å². The fourth-order valence-corrected chi connectivity index (χ4v) is 2.81. The second-order valence-corrected chi connectivity index (χ2v) is 6.01. The molecule has 0 amide bonds. The third kappa shape index (κ3) is 3.29. The molecule has 106 valence electrons. The van der Waals surface area contributed by atoms with Crippen LogP contribution in [0.2, 0.25) is 0 Å². The molecule has 1 nitrogen and oxygen atoms in total. The lowest BCUT2D eigenvalue weighted by atomic mass is 9.91. The molecule has 0 radical (unpaired) electrons. The zero-order valence-electron chi connectivity index (χ0n) is 13.0. The first kappa shape index (κ1) is 14.8. The van der Waals surface area contributed by atoms with E-state index in [2.05, 4.69) is 70.2 Å². The minimum atomic E-state index is 0.0705. The molecule has 1 atom stereocenters. The molecule has 20 heavy (non-hydrogen) atoms. The van der Waals surface area contributed by atoms with Crippen LogP contribution in [0.5, 0.6) is 0 Å². The van der Waals surface area contributed by atoms with E-state index in [0.29, 0.717) is 5.92 Å². The summed E-state index contributed by atoms with van der Waals surface area (Å²) in [7, 11) is 0. The van der Waals surface area contributed by atoms with Crippen LogP contribution in [0.25, 0.3) is 0 Å². The third-order valence-electron chi connectivity index (χ3n) is 4.01. The van der Waals surface area contributed by atoms with Gasteiger partial charge in [0.15, 0.2) is 0 Å². The van der Waals surface area contributed by atoms with E-state index in [0.717, 1.165) is 6.42 Å². The smallest absolute Gasteiger partial charge is 0.0341 e. The van der Waals surface area contributed by atoms with Gasteiger partial charge in [-0.3, -0.25) is 0 Å². The first-order valence-corrected chi connectivity index (χ1v) is 7.39. The first-order valence-electron chi connectivity index (χ1n) is 7.39. The fraction of sp³-hybridized carbons (Fsp3) is 0.368. The Bertz CT molecular complexity index is 547. The molecule has 0 aromatic heterocycles. The average Bonchev–Trinajstić information content (AvgIpc) is 2.39. The Morgan fingerprint density at radius 1 is 0.900 bits per heavy atom. The molecule has 0 spiro atoms. The SMILES string of the molecule is Cc1cccc(C)c1C(N)Cc1ccc(C(C)C)cc1. The van der Waals surface area contributed by atoms with E-state index < -0.39 is 0 Å². The standard InChI is InChI=1S/C19H25N/c1-13(2)17-10-8-16(9-11-17)12-18(20)19-14(3)6-5-7-15(19)4/h5-11,13,18H,12,20H2,1-4H3. The molecule has 0 heterocycles. The van der Waals surface area contributed by atoms with Crippen molar-refractivity contribution in [2.75, 3.05) is 0 Å². The normalized spacial score (nSPS) is 12.7. The van der Waals surface area contributed by atoms with E-state index in [9.17, 15) is 0 Å². The maximum Gasteiger partial charge on any atom is 0.0341 e. The largest absolute Gasteiger partial charge is 0.324 e. The van der Waals surface area contributed by atoms with E-state index in [1.807, 2.05) is 0 Å². The Kier molecular flexibility index (Phi) is 4.61. The molecule has 0 saturated heterocycles. The zero-order chi connectivity index (χ0) is 14.7. The third-order valence-corrected chi connectivity index (χ3v) is 4.01. The van der Waals surface area contributed by atoms with Crippen LogP contribution >= 0.6 is 0 Å². The van der Waals surface area contributed by atoms with Crippen molar-refractivity contribution in [1.82, 2.24) is 0 Å². The van der Waals surface area contributed by atoms with Crippen LogP contribution < -0.4 is 5.73 Å². The van der Waals surface area contributed by atoms with E-state index in [1.54, 1.807) is 0 Å². The van der Waals surface area contributed by atoms with Gasteiger partial charge in [0.05, 0.1) is 0 Å². The predicted octanol–water partition coefficient (Wildman–Crippen LogP) is 4.67. The highest BCUT2D eigenvalue weighted by atomic mass is 14.6. The second kappa shape index (κ2) is 6.23. The van der Waals surface area contributed by atoms with Crippen LogP contribution in [-0.4, -0.2) is 0 Å². The van der Waals surface area contributed by atoms with Crippen molar-refractivity contribution in [2.24, 2.45) is 5.73 Å². The molecule has 0 fully saturated rings. The Labute approximate surface area is 122 Å². The maximum atomic E-state index is 6.43. The molecule has 0 saturated carbocycles. The van der Waals surface area contributed by atoms with Crippen LogP contribution in [0.15, 0.2) is 42.5 Å². The molecule has 2 aromatic rings. The van der Waals surface area contributed by atoms with E-state index in [1.165, 1.54) is 27.8 Å². The van der Waals surface area contributed by atoms with Crippen LogP contribution in [0.4, 0.5) is 0 Å². The van der Waals surface area contributed by atoms with Gasteiger partial charge in [0.25, 0.3) is 0 Å². The van der Waals surface area contributed by atoms with Gasteiger partial charge in [-0.05, 0) is 54.0 Å². The Balaban J connectivity index is 2.17. The maximum absolute atomic E-state index is 6.43. The molecule has 1 unspecified atom stereocenters. The summed E-state index contributed by atoms with van der Waals surface area (Å²) < 4.78 is 0. The highest BCUT2D eigenvalue weighted by Crippen LogP contribution is 2.24. The molecule has 2 aromatic carbocycles. The predicted molar refractivity (Wildman–Crippen MR) is 87.1 cm³/mol. The topological polar surface area (TPSA) is 26.0 Å². The lowest BCUT2D eigenvalue weighted by Gasteiger charge is -2.18. The molecule has 0 aliphatic heterocycles. The van der Waals surface area contributed by atoms with Gasteiger partial charge in [0.2, 0.25) is 0 Å². The van der Waals surface area contributed by atoms with Gasteiger partial charge in [-0.1, -0.05) is 56.3 Å². The summed E-state index contributed by atoms with van der Waals surface area (Å²) in [4.78, 5) is 0. The van der Waals surface area contributed by atoms with Gasteiger partial charge in [0.1, 0.15) is 0 Å². The summed E-state index contributed by atoms with van der Waals surface area (Å²) in [6, 6.07) is 15.3. The lowest BCUT2D eigenvalue weighted by molar-refractivity contribution is 0.710. The summed E-state index contributed by atoms with van der Waals surface area (Å²) in [6.45, 7) is 8.73. The fourth-order valence-electron chi connectivity index (χ4n) is 2.81. The summed E-state index contributed by atoms with van der Waals surface area (Å²) in [5.41, 5.74) is 13.0. The van der Waals surface area contributed by atoms with Crippen molar-refractivity contribution >= 4 is 0 Å². The van der Waals surface area contributed by atoms with Crippen molar-refractivity contribution in [3.63, 3.8) is 0 Å². The van der Waals surface area contributed by atoms with Crippen molar-refractivity contribution < 1.29 is 0 Å². The van der Waals surface area contributed by atoms with Crippen LogP contribution in [-0.2, 0) is 6.42 Å². The molecule has 2 rings (SSSR count). The summed E-state index contributed by atoms with van der Waals surface area (Å²) in [5, 5.41) is 0.